The maximum atomic E-state index is 12.7. The number of aryl methyl sites for hydroxylation is 2. The van der Waals surface area contributed by atoms with Gasteiger partial charge in [0.15, 0.2) is 5.89 Å². The minimum absolute atomic E-state index is 0.177. The lowest BCUT2D eigenvalue weighted by Gasteiger charge is -2.09. The summed E-state index contributed by atoms with van der Waals surface area (Å²) in [6.07, 6.45) is 1.54. The normalized spacial score (nSPS) is 11.5. The zero-order valence-electron chi connectivity index (χ0n) is 15.2. The number of thiazole rings is 1. The van der Waals surface area contributed by atoms with E-state index in [0.717, 1.165) is 21.8 Å². The van der Waals surface area contributed by atoms with Gasteiger partial charge in [0.05, 0.1) is 15.6 Å². The molecule has 0 spiro atoms. The van der Waals surface area contributed by atoms with Crippen LogP contribution in [0, 0.1) is 13.8 Å². The number of hydrogen-bond acceptors (Lipinski definition) is 6. The number of anilines is 1. The van der Waals surface area contributed by atoms with Crippen LogP contribution in [-0.2, 0) is 10.0 Å². The molecule has 0 aliphatic carbocycles. The number of nitrogens with zero attached hydrogens (tertiary/aromatic N) is 2. The summed E-state index contributed by atoms with van der Waals surface area (Å²) in [4.78, 5) is 8.85. The summed E-state index contributed by atoms with van der Waals surface area (Å²) in [6, 6.07) is 13.7. The van der Waals surface area contributed by atoms with Crippen LogP contribution in [0.15, 0.2) is 69.5 Å². The summed E-state index contributed by atoms with van der Waals surface area (Å²) in [5.74, 6) is 0.560. The molecule has 0 aliphatic rings. The Hall–Kier alpha value is -2.97. The Bertz CT molecular complexity index is 1210. The molecule has 28 heavy (non-hydrogen) atoms. The third-order valence-electron chi connectivity index (χ3n) is 4.13. The van der Waals surface area contributed by atoms with Gasteiger partial charge in [0.25, 0.3) is 10.0 Å². The van der Waals surface area contributed by atoms with Gasteiger partial charge in [-0.25, -0.2) is 18.4 Å². The molecule has 2 heterocycles. The van der Waals surface area contributed by atoms with Crippen LogP contribution < -0.4 is 4.72 Å². The van der Waals surface area contributed by atoms with E-state index >= 15 is 0 Å². The molecule has 0 saturated heterocycles. The Morgan fingerprint density at radius 2 is 1.54 bits per heavy atom. The van der Waals surface area contributed by atoms with Crippen LogP contribution in [0.5, 0.6) is 0 Å². The van der Waals surface area contributed by atoms with Crippen LogP contribution in [0.25, 0.3) is 22.5 Å². The van der Waals surface area contributed by atoms with Crippen molar-refractivity contribution in [3.8, 4) is 22.5 Å². The van der Waals surface area contributed by atoms with Gasteiger partial charge < -0.3 is 4.42 Å². The van der Waals surface area contributed by atoms with Gasteiger partial charge in [-0.1, -0.05) is 24.3 Å². The number of sulfonamides is 1. The number of nitrogens with one attached hydrogen (secondary N) is 1. The van der Waals surface area contributed by atoms with Crippen LogP contribution in [-0.4, -0.2) is 18.4 Å². The van der Waals surface area contributed by atoms with Gasteiger partial charge in [-0.2, -0.15) is 0 Å². The molecule has 0 fully saturated rings. The van der Waals surface area contributed by atoms with Crippen LogP contribution in [0.1, 0.15) is 10.9 Å². The molecule has 0 bridgehead atoms. The topological polar surface area (TPSA) is 85.1 Å². The molecule has 2 aromatic heterocycles. The summed E-state index contributed by atoms with van der Waals surface area (Å²) in [7, 11) is -3.69. The van der Waals surface area contributed by atoms with Crippen molar-refractivity contribution in [1.29, 1.82) is 0 Å². The fourth-order valence-electron chi connectivity index (χ4n) is 2.72. The second-order valence-electron chi connectivity index (χ2n) is 6.21. The van der Waals surface area contributed by atoms with Crippen molar-refractivity contribution in [2.75, 3.05) is 4.72 Å². The van der Waals surface area contributed by atoms with E-state index in [2.05, 4.69) is 14.7 Å². The number of oxazole rings is 1. The lowest BCUT2D eigenvalue weighted by atomic mass is 10.1. The second-order valence-corrected chi connectivity index (χ2v) is 8.96. The standard InChI is InChI=1S/C20H17N3O3S2/c1-13-21-19(11-26-13)15-5-9-18(10-6-15)28(24,25)23-17-7-3-16(4-8-17)20-12-27-14(2)22-20/h3-12,23H,1-2H3. The molecule has 0 atom stereocenters. The third kappa shape index (κ3) is 3.83. The number of rotatable bonds is 5. The highest BCUT2D eigenvalue weighted by Gasteiger charge is 2.15. The lowest BCUT2D eigenvalue weighted by molar-refractivity contribution is 0.521. The number of benzene rings is 2. The summed E-state index contributed by atoms with van der Waals surface area (Å²) < 4.78 is 33.1. The predicted octanol–water partition coefficient (Wildman–Crippen LogP) is 4.88. The quantitative estimate of drug-likeness (QED) is 0.506. The maximum Gasteiger partial charge on any atom is 0.261 e. The highest BCUT2D eigenvalue weighted by Crippen LogP contribution is 2.25. The molecule has 0 aliphatic heterocycles. The van der Waals surface area contributed by atoms with Gasteiger partial charge in [-0.3, -0.25) is 4.72 Å². The van der Waals surface area contributed by atoms with Crippen molar-refractivity contribution < 1.29 is 12.8 Å². The summed E-state index contributed by atoms with van der Waals surface area (Å²) in [6.45, 7) is 3.71. The number of aromatic nitrogens is 2. The molecule has 2 aromatic carbocycles. The first kappa shape index (κ1) is 18.4. The SMILES string of the molecule is Cc1nc(-c2ccc(S(=O)(=O)Nc3ccc(-c4csc(C)n4)cc3)cc2)co1. The first-order valence-electron chi connectivity index (χ1n) is 8.49. The van der Waals surface area contributed by atoms with E-state index in [1.165, 1.54) is 0 Å². The molecule has 6 nitrogen and oxygen atoms in total. The van der Waals surface area contributed by atoms with Crippen LogP contribution in [0.3, 0.4) is 0 Å². The molecular formula is C20H17N3O3S2. The molecular weight excluding hydrogens is 394 g/mol. The van der Waals surface area contributed by atoms with Crippen LogP contribution in [0.4, 0.5) is 5.69 Å². The van der Waals surface area contributed by atoms with Gasteiger partial charge >= 0.3 is 0 Å². The molecule has 8 heteroatoms. The highest BCUT2D eigenvalue weighted by molar-refractivity contribution is 7.92. The largest absolute Gasteiger partial charge is 0.449 e. The van der Waals surface area contributed by atoms with E-state index in [-0.39, 0.29) is 4.90 Å². The minimum Gasteiger partial charge on any atom is -0.449 e. The molecule has 0 unspecified atom stereocenters. The van der Waals surface area contributed by atoms with E-state index in [4.69, 9.17) is 4.42 Å². The Balaban J connectivity index is 1.52. The monoisotopic (exact) mass is 411 g/mol. The summed E-state index contributed by atoms with van der Waals surface area (Å²) in [5.41, 5.74) is 3.78. The van der Waals surface area contributed by atoms with Gasteiger partial charge in [0, 0.05) is 29.1 Å². The van der Waals surface area contributed by atoms with E-state index in [0.29, 0.717) is 17.3 Å². The maximum absolute atomic E-state index is 12.7. The molecule has 1 N–H and O–H groups in total. The van der Waals surface area contributed by atoms with Crippen molar-refractivity contribution in [3.63, 3.8) is 0 Å². The van der Waals surface area contributed by atoms with E-state index in [9.17, 15) is 8.42 Å². The summed E-state index contributed by atoms with van der Waals surface area (Å²) >= 11 is 1.58. The fourth-order valence-corrected chi connectivity index (χ4v) is 4.40. The molecule has 142 valence electrons. The Labute approximate surface area is 167 Å². The van der Waals surface area contributed by atoms with Gasteiger partial charge in [-0.05, 0) is 31.2 Å². The van der Waals surface area contributed by atoms with Gasteiger partial charge in [0.1, 0.15) is 12.0 Å². The zero-order valence-corrected chi connectivity index (χ0v) is 16.8. The van der Waals surface area contributed by atoms with Crippen molar-refractivity contribution in [2.24, 2.45) is 0 Å². The van der Waals surface area contributed by atoms with Crippen LogP contribution in [0.2, 0.25) is 0 Å². The highest BCUT2D eigenvalue weighted by atomic mass is 32.2. The zero-order chi connectivity index (χ0) is 19.7. The first-order valence-corrected chi connectivity index (χ1v) is 10.8. The average Bonchev–Trinajstić information content (AvgIpc) is 3.31. The van der Waals surface area contributed by atoms with E-state index < -0.39 is 10.0 Å². The minimum atomic E-state index is -3.69. The number of hydrogen-bond donors (Lipinski definition) is 1. The fraction of sp³-hybridized carbons (Fsp3) is 0.100. The van der Waals surface area contributed by atoms with Crippen LogP contribution >= 0.6 is 11.3 Å². The van der Waals surface area contributed by atoms with E-state index in [1.807, 2.05) is 24.4 Å². The molecule has 0 radical (unpaired) electrons. The van der Waals surface area contributed by atoms with Crippen molar-refractivity contribution in [1.82, 2.24) is 9.97 Å². The molecule has 0 amide bonds. The summed E-state index contributed by atoms with van der Waals surface area (Å²) in [5, 5.41) is 2.97. The van der Waals surface area contributed by atoms with Gasteiger partial charge in [0.2, 0.25) is 0 Å². The predicted molar refractivity (Wildman–Crippen MR) is 110 cm³/mol. The smallest absolute Gasteiger partial charge is 0.261 e. The average molecular weight is 412 g/mol. The Kier molecular flexibility index (Phi) is 4.74. The Morgan fingerprint density at radius 3 is 2.11 bits per heavy atom. The molecule has 0 saturated carbocycles. The molecule has 4 aromatic rings. The lowest BCUT2D eigenvalue weighted by Crippen LogP contribution is -2.12. The van der Waals surface area contributed by atoms with Crippen molar-refractivity contribution >= 4 is 27.0 Å². The first-order chi connectivity index (χ1) is 13.4. The second kappa shape index (κ2) is 7.21. The third-order valence-corrected chi connectivity index (χ3v) is 6.30. The van der Waals surface area contributed by atoms with Gasteiger partial charge in [-0.15, -0.1) is 11.3 Å². The van der Waals surface area contributed by atoms with Crippen molar-refractivity contribution in [3.05, 3.63) is 71.1 Å². The van der Waals surface area contributed by atoms with Crippen molar-refractivity contribution in [2.45, 2.75) is 18.7 Å². The Morgan fingerprint density at radius 1 is 0.893 bits per heavy atom. The van der Waals surface area contributed by atoms with E-state index in [1.54, 1.807) is 60.9 Å². The molecule has 4 rings (SSSR count).